The molecule has 1 aromatic carbocycles. The topological polar surface area (TPSA) is 59.3 Å². The van der Waals surface area contributed by atoms with Crippen LogP contribution >= 0.6 is 0 Å². The first kappa shape index (κ1) is 15.1. The number of rotatable bonds is 2. The monoisotopic (exact) mass is 312 g/mol. The molecule has 6 heteroatoms. The van der Waals surface area contributed by atoms with E-state index in [4.69, 9.17) is 0 Å². The van der Waals surface area contributed by atoms with Gasteiger partial charge in [-0.2, -0.15) is 5.10 Å². The van der Waals surface area contributed by atoms with Gasteiger partial charge in [0, 0.05) is 17.2 Å². The Morgan fingerprint density at radius 3 is 2.52 bits per heavy atom. The fraction of sp³-hybridized carbons (Fsp3) is 0.235. The molecule has 5 nitrogen and oxygen atoms in total. The van der Waals surface area contributed by atoms with Gasteiger partial charge in [0.2, 0.25) is 0 Å². The highest BCUT2D eigenvalue weighted by Gasteiger charge is 2.21. The van der Waals surface area contributed by atoms with Crippen LogP contribution in [-0.4, -0.2) is 20.5 Å². The van der Waals surface area contributed by atoms with E-state index in [0.717, 1.165) is 5.69 Å². The maximum absolute atomic E-state index is 12.9. The van der Waals surface area contributed by atoms with Crippen LogP contribution in [0, 0.1) is 5.82 Å². The van der Waals surface area contributed by atoms with E-state index < -0.39 is 0 Å². The summed E-state index contributed by atoms with van der Waals surface area (Å²) in [6.45, 7) is 6.14. The average Bonchev–Trinajstić information content (AvgIpc) is 2.95. The number of hydrogen-bond donors (Lipinski definition) is 1. The van der Waals surface area contributed by atoms with Crippen LogP contribution in [0.5, 0.6) is 0 Å². The van der Waals surface area contributed by atoms with Gasteiger partial charge in [0.05, 0.1) is 11.9 Å². The lowest BCUT2D eigenvalue weighted by Crippen LogP contribution is -2.21. The van der Waals surface area contributed by atoms with E-state index in [1.54, 1.807) is 22.8 Å². The van der Waals surface area contributed by atoms with Crippen LogP contribution < -0.4 is 5.32 Å². The van der Waals surface area contributed by atoms with Crippen molar-refractivity contribution in [2.45, 2.75) is 26.2 Å². The molecule has 1 N–H and O–H groups in total. The van der Waals surface area contributed by atoms with Crippen molar-refractivity contribution >= 4 is 17.2 Å². The van der Waals surface area contributed by atoms with Crippen molar-refractivity contribution in [3.8, 4) is 0 Å². The Kier molecular flexibility index (Phi) is 3.60. The maximum Gasteiger partial charge on any atom is 0.274 e. The van der Waals surface area contributed by atoms with E-state index >= 15 is 0 Å². The molecule has 118 valence electrons. The number of nitrogens with one attached hydrogen (secondary N) is 1. The summed E-state index contributed by atoms with van der Waals surface area (Å²) in [6.07, 6.45) is 1.65. The fourth-order valence-electron chi connectivity index (χ4n) is 2.29. The Hall–Kier alpha value is -2.76. The van der Waals surface area contributed by atoms with Crippen molar-refractivity contribution < 1.29 is 9.18 Å². The smallest absolute Gasteiger partial charge is 0.274 e. The van der Waals surface area contributed by atoms with E-state index in [2.05, 4.69) is 15.4 Å². The van der Waals surface area contributed by atoms with Gasteiger partial charge >= 0.3 is 0 Å². The summed E-state index contributed by atoms with van der Waals surface area (Å²) in [5.41, 5.74) is 2.12. The molecular weight excluding hydrogens is 295 g/mol. The first-order valence-corrected chi connectivity index (χ1v) is 7.27. The van der Waals surface area contributed by atoms with Gasteiger partial charge in [-0.05, 0) is 30.3 Å². The molecule has 0 aliphatic carbocycles. The second kappa shape index (κ2) is 5.46. The highest BCUT2D eigenvalue weighted by atomic mass is 19.1. The zero-order chi connectivity index (χ0) is 16.6. The molecule has 0 bridgehead atoms. The molecule has 1 amide bonds. The third-order valence-electron chi connectivity index (χ3n) is 3.46. The Morgan fingerprint density at radius 2 is 1.87 bits per heavy atom. The van der Waals surface area contributed by atoms with Crippen LogP contribution in [0.1, 0.15) is 37.0 Å². The number of nitrogens with zero attached hydrogens (tertiary/aromatic N) is 3. The quantitative estimate of drug-likeness (QED) is 0.789. The molecule has 0 aliphatic heterocycles. The molecule has 0 fully saturated rings. The second-order valence-electron chi connectivity index (χ2n) is 6.34. The van der Waals surface area contributed by atoms with Gasteiger partial charge in [0.15, 0.2) is 5.65 Å². The van der Waals surface area contributed by atoms with Crippen molar-refractivity contribution in [3.05, 3.63) is 59.8 Å². The average molecular weight is 312 g/mol. The molecule has 0 saturated heterocycles. The second-order valence-corrected chi connectivity index (χ2v) is 6.34. The summed E-state index contributed by atoms with van der Waals surface area (Å²) >= 11 is 0. The molecule has 2 aromatic heterocycles. The van der Waals surface area contributed by atoms with Crippen molar-refractivity contribution in [1.29, 1.82) is 0 Å². The highest BCUT2D eigenvalue weighted by Crippen LogP contribution is 2.23. The van der Waals surface area contributed by atoms with Gasteiger partial charge in [-0.25, -0.2) is 13.9 Å². The highest BCUT2D eigenvalue weighted by molar-refractivity contribution is 6.03. The van der Waals surface area contributed by atoms with Crippen LogP contribution in [0.25, 0.3) is 5.65 Å². The molecule has 2 heterocycles. The maximum atomic E-state index is 12.9. The van der Waals surface area contributed by atoms with Gasteiger partial charge in [-0.15, -0.1) is 0 Å². The predicted molar refractivity (Wildman–Crippen MR) is 86.0 cm³/mol. The normalized spacial score (nSPS) is 11.7. The third kappa shape index (κ3) is 3.06. The minimum atomic E-state index is -0.350. The molecule has 0 saturated carbocycles. The first-order valence-electron chi connectivity index (χ1n) is 7.27. The lowest BCUT2D eigenvalue weighted by atomic mass is 9.91. The van der Waals surface area contributed by atoms with Gasteiger partial charge in [0.25, 0.3) is 5.91 Å². The molecule has 23 heavy (non-hydrogen) atoms. The van der Waals surface area contributed by atoms with Gasteiger partial charge < -0.3 is 5.32 Å². The Labute approximate surface area is 133 Å². The zero-order valence-corrected chi connectivity index (χ0v) is 13.2. The predicted octanol–water partition coefficient (Wildman–Crippen LogP) is 3.42. The number of hydrogen-bond acceptors (Lipinski definition) is 3. The van der Waals surface area contributed by atoms with Crippen molar-refractivity contribution in [3.63, 3.8) is 0 Å². The SMILES string of the molecule is CC(C)(C)c1cc(C(=O)Nc2ccc(F)cc2)nc2ccnn12. The van der Waals surface area contributed by atoms with Gasteiger partial charge in [-0.1, -0.05) is 20.8 Å². The number of carbonyl (C=O) groups is 1. The molecule has 0 spiro atoms. The van der Waals surface area contributed by atoms with E-state index in [0.29, 0.717) is 17.0 Å². The number of carbonyl (C=O) groups excluding carboxylic acids is 1. The molecule has 0 aliphatic rings. The van der Waals surface area contributed by atoms with Crippen molar-refractivity contribution in [2.75, 3.05) is 5.32 Å². The van der Waals surface area contributed by atoms with Crippen LogP contribution in [0.15, 0.2) is 42.6 Å². The van der Waals surface area contributed by atoms with E-state index in [1.165, 1.54) is 24.3 Å². The van der Waals surface area contributed by atoms with Crippen LogP contribution in [0.3, 0.4) is 0 Å². The largest absolute Gasteiger partial charge is 0.321 e. The minimum Gasteiger partial charge on any atom is -0.321 e. The summed E-state index contributed by atoms with van der Waals surface area (Å²) < 4.78 is 14.7. The number of benzene rings is 1. The minimum absolute atomic E-state index is 0.196. The standard InChI is InChI=1S/C17H17FN4O/c1-17(2,3)14-10-13(21-15-8-9-19-22(14)15)16(23)20-12-6-4-11(18)5-7-12/h4-10H,1-3H3,(H,20,23). The van der Waals surface area contributed by atoms with Crippen LogP contribution in [-0.2, 0) is 5.41 Å². The van der Waals surface area contributed by atoms with Crippen molar-refractivity contribution in [1.82, 2.24) is 14.6 Å². The Morgan fingerprint density at radius 1 is 1.17 bits per heavy atom. The summed E-state index contributed by atoms with van der Waals surface area (Å²) in [6, 6.07) is 9.10. The van der Waals surface area contributed by atoms with Gasteiger partial charge in [0.1, 0.15) is 11.5 Å². The first-order chi connectivity index (χ1) is 10.8. The van der Waals surface area contributed by atoms with Crippen LogP contribution in [0.4, 0.5) is 10.1 Å². The number of anilines is 1. The molecule has 3 aromatic rings. The molecule has 0 atom stereocenters. The van der Waals surface area contributed by atoms with E-state index in [1.807, 2.05) is 20.8 Å². The van der Waals surface area contributed by atoms with Crippen molar-refractivity contribution in [2.24, 2.45) is 0 Å². The summed E-state index contributed by atoms with van der Waals surface area (Å²) in [5.74, 6) is -0.692. The van der Waals surface area contributed by atoms with E-state index in [-0.39, 0.29) is 17.1 Å². The number of fused-ring (bicyclic) bond motifs is 1. The summed E-state index contributed by atoms with van der Waals surface area (Å²) in [5, 5.41) is 6.98. The fourth-order valence-corrected chi connectivity index (χ4v) is 2.29. The zero-order valence-electron chi connectivity index (χ0n) is 13.2. The Balaban J connectivity index is 1.99. The summed E-state index contributed by atoms with van der Waals surface area (Å²) in [4.78, 5) is 16.8. The van der Waals surface area contributed by atoms with Gasteiger partial charge in [-0.3, -0.25) is 4.79 Å². The van der Waals surface area contributed by atoms with Crippen LogP contribution in [0.2, 0.25) is 0 Å². The summed E-state index contributed by atoms with van der Waals surface area (Å²) in [7, 11) is 0. The molecule has 0 unspecified atom stereocenters. The Bertz CT molecular complexity index is 862. The van der Waals surface area contributed by atoms with E-state index in [9.17, 15) is 9.18 Å². The number of amides is 1. The number of halogens is 1. The lowest BCUT2D eigenvalue weighted by molar-refractivity contribution is 0.102. The molecular formula is C17H17FN4O. The lowest BCUT2D eigenvalue weighted by Gasteiger charge is -2.20. The third-order valence-corrected chi connectivity index (χ3v) is 3.46. The number of aromatic nitrogens is 3. The molecule has 3 rings (SSSR count). The molecule has 0 radical (unpaired) electrons.